The maximum absolute atomic E-state index is 9.34. The Morgan fingerprint density at radius 3 is 2.33 bits per heavy atom. The topological polar surface area (TPSA) is 38.7 Å². The summed E-state index contributed by atoms with van der Waals surface area (Å²) >= 11 is 0. The van der Waals surface area contributed by atoms with Crippen molar-refractivity contribution >= 4 is 10.8 Å². The van der Waals surface area contributed by atoms with Gasteiger partial charge in [-0.1, -0.05) is 30.3 Å². The number of aliphatic hydroxyl groups excluding tert-OH is 1. The van der Waals surface area contributed by atoms with E-state index < -0.39 is 0 Å². The van der Waals surface area contributed by atoms with Crippen LogP contribution in [0.3, 0.4) is 0 Å². The van der Waals surface area contributed by atoms with Crippen molar-refractivity contribution in [2.75, 3.05) is 7.11 Å². The second kappa shape index (κ2) is 5.85. The van der Waals surface area contributed by atoms with Gasteiger partial charge < -0.3 is 14.6 Å². The largest absolute Gasteiger partial charge is 0.497 e. The molecule has 0 bridgehead atoms. The lowest BCUT2D eigenvalue weighted by Gasteiger charge is -2.10. The van der Waals surface area contributed by atoms with Crippen molar-refractivity contribution in [2.45, 2.75) is 6.61 Å². The molecule has 3 heteroatoms. The molecule has 0 saturated heterocycles. The van der Waals surface area contributed by atoms with Gasteiger partial charge in [-0.25, -0.2) is 0 Å². The van der Waals surface area contributed by atoms with Crippen LogP contribution in [0, 0.1) is 0 Å². The SMILES string of the molecule is COc1ccc2ccc(Oc3ccccc3CO)cc2c1. The highest BCUT2D eigenvalue weighted by molar-refractivity contribution is 5.85. The standard InChI is InChI=1S/C18H16O3/c1-20-16-8-6-13-7-9-17(11-15(13)10-16)21-18-5-3-2-4-14(18)12-19/h2-11,19H,12H2,1H3. The van der Waals surface area contributed by atoms with Gasteiger partial charge in [0, 0.05) is 5.56 Å². The van der Waals surface area contributed by atoms with E-state index in [0.29, 0.717) is 5.75 Å². The third-order valence-corrected chi connectivity index (χ3v) is 3.39. The number of para-hydroxylation sites is 1. The van der Waals surface area contributed by atoms with Crippen molar-refractivity contribution < 1.29 is 14.6 Å². The van der Waals surface area contributed by atoms with E-state index >= 15 is 0 Å². The van der Waals surface area contributed by atoms with Crippen LogP contribution < -0.4 is 9.47 Å². The highest BCUT2D eigenvalue weighted by Gasteiger charge is 2.04. The van der Waals surface area contributed by atoms with Crippen LogP contribution in [0.15, 0.2) is 60.7 Å². The van der Waals surface area contributed by atoms with E-state index in [2.05, 4.69) is 0 Å². The quantitative estimate of drug-likeness (QED) is 0.781. The van der Waals surface area contributed by atoms with Crippen LogP contribution in [0.5, 0.6) is 17.2 Å². The van der Waals surface area contributed by atoms with Crippen LogP contribution in [0.1, 0.15) is 5.56 Å². The molecule has 3 aromatic rings. The van der Waals surface area contributed by atoms with Gasteiger partial charge in [0.2, 0.25) is 0 Å². The number of hydrogen-bond acceptors (Lipinski definition) is 3. The number of hydrogen-bond donors (Lipinski definition) is 1. The lowest BCUT2D eigenvalue weighted by atomic mass is 10.1. The molecule has 0 heterocycles. The zero-order chi connectivity index (χ0) is 14.7. The van der Waals surface area contributed by atoms with Crippen molar-refractivity contribution in [3.8, 4) is 17.2 Å². The molecule has 0 aliphatic rings. The first kappa shape index (κ1) is 13.5. The second-order valence-corrected chi connectivity index (χ2v) is 4.74. The Morgan fingerprint density at radius 1 is 0.857 bits per heavy atom. The van der Waals surface area contributed by atoms with Crippen LogP contribution in [-0.2, 0) is 6.61 Å². The first-order valence-electron chi connectivity index (χ1n) is 6.74. The van der Waals surface area contributed by atoms with E-state index in [9.17, 15) is 5.11 Å². The number of ether oxygens (including phenoxy) is 2. The van der Waals surface area contributed by atoms with E-state index in [4.69, 9.17) is 9.47 Å². The average molecular weight is 280 g/mol. The molecular formula is C18H16O3. The van der Waals surface area contributed by atoms with Gasteiger partial charge in [-0.2, -0.15) is 0 Å². The summed E-state index contributed by atoms with van der Waals surface area (Å²) in [6, 6.07) is 19.3. The first-order chi connectivity index (χ1) is 10.3. The summed E-state index contributed by atoms with van der Waals surface area (Å²) in [6.45, 7) is -0.0441. The summed E-state index contributed by atoms with van der Waals surface area (Å²) in [5.41, 5.74) is 0.767. The molecular weight excluding hydrogens is 264 g/mol. The van der Waals surface area contributed by atoms with Crippen LogP contribution in [0.2, 0.25) is 0 Å². The van der Waals surface area contributed by atoms with Gasteiger partial charge in [-0.3, -0.25) is 0 Å². The summed E-state index contributed by atoms with van der Waals surface area (Å²) in [5, 5.41) is 11.5. The predicted molar refractivity (Wildman–Crippen MR) is 82.9 cm³/mol. The molecule has 0 unspecified atom stereocenters. The fourth-order valence-electron chi connectivity index (χ4n) is 2.25. The van der Waals surface area contributed by atoms with Gasteiger partial charge in [0.05, 0.1) is 13.7 Å². The van der Waals surface area contributed by atoms with Crippen LogP contribution >= 0.6 is 0 Å². The molecule has 3 rings (SSSR count). The molecule has 0 aliphatic heterocycles. The zero-order valence-electron chi connectivity index (χ0n) is 11.7. The molecule has 0 amide bonds. The Hall–Kier alpha value is -2.52. The third-order valence-electron chi connectivity index (χ3n) is 3.39. The van der Waals surface area contributed by atoms with Crippen molar-refractivity contribution in [1.82, 2.24) is 0 Å². The zero-order valence-corrected chi connectivity index (χ0v) is 11.7. The van der Waals surface area contributed by atoms with Crippen molar-refractivity contribution in [1.29, 1.82) is 0 Å². The lowest BCUT2D eigenvalue weighted by molar-refractivity contribution is 0.276. The van der Waals surface area contributed by atoms with Gasteiger partial charge in [-0.05, 0) is 41.1 Å². The Morgan fingerprint density at radius 2 is 1.57 bits per heavy atom. The molecule has 0 spiro atoms. The molecule has 0 radical (unpaired) electrons. The van der Waals surface area contributed by atoms with Crippen LogP contribution in [0.25, 0.3) is 10.8 Å². The van der Waals surface area contributed by atoms with Crippen LogP contribution in [0.4, 0.5) is 0 Å². The Balaban J connectivity index is 1.97. The molecule has 1 N–H and O–H groups in total. The van der Waals surface area contributed by atoms with E-state index in [1.807, 2.05) is 60.7 Å². The molecule has 3 nitrogen and oxygen atoms in total. The number of benzene rings is 3. The minimum atomic E-state index is -0.0441. The number of fused-ring (bicyclic) bond motifs is 1. The highest BCUT2D eigenvalue weighted by atomic mass is 16.5. The minimum absolute atomic E-state index is 0.0441. The van der Waals surface area contributed by atoms with Crippen LogP contribution in [-0.4, -0.2) is 12.2 Å². The molecule has 0 fully saturated rings. The Kier molecular flexibility index (Phi) is 3.75. The van der Waals surface area contributed by atoms with Gasteiger partial charge in [-0.15, -0.1) is 0 Å². The summed E-state index contributed by atoms with van der Waals surface area (Å²) in [6.07, 6.45) is 0. The lowest BCUT2D eigenvalue weighted by Crippen LogP contribution is -1.91. The molecule has 21 heavy (non-hydrogen) atoms. The second-order valence-electron chi connectivity index (χ2n) is 4.74. The molecule has 3 aromatic carbocycles. The molecule has 0 aromatic heterocycles. The highest BCUT2D eigenvalue weighted by Crippen LogP contribution is 2.29. The van der Waals surface area contributed by atoms with Gasteiger partial charge in [0.1, 0.15) is 17.2 Å². The smallest absolute Gasteiger partial charge is 0.132 e. The third kappa shape index (κ3) is 2.83. The monoisotopic (exact) mass is 280 g/mol. The summed E-state index contributed by atoms with van der Waals surface area (Å²) in [5.74, 6) is 2.22. The maximum Gasteiger partial charge on any atom is 0.132 e. The molecule has 0 saturated carbocycles. The predicted octanol–water partition coefficient (Wildman–Crippen LogP) is 4.13. The van der Waals surface area contributed by atoms with E-state index in [1.54, 1.807) is 7.11 Å². The fourth-order valence-corrected chi connectivity index (χ4v) is 2.25. The number of rotatable bonds is 4. The molecule has 0 aliphatic carbocycles. The van der Waals surface area contributed by atoms with Gasteiger partial charge in [0.25, 0.3) is 0 Å². The molecule has 0 atom stereocenters. The number of methoxy groups -OCH3 is 1. The van der Waals surface area contributed by atoms with Gasteiger partial charge >= 0.3 is 0 Å². The molecule has 106 valence electrons. The van der Waals surface area contributed by atoms with E-state index in [1.165, 1.54) is 0 Å². The van der Waals surface area contributed by atoms with Crippen molar-refractivity contribution in [3.05, 3.63) is 66.2 Å². The Labute approximate surface area is 123 Å². The average Bonchev–Trinajstić information content (AvgIpc) is 2.54. The summed E-state index contributed by atoms with van der Waals surface area (Å²) in [7, 11) is 1.65. The van der Waals surface area contributed by atoms with Crippen molar-refractivity contribution in [3.63, 3.8) is 0 Å². The van der Waals surface area contributed by atoms with E-state index in [0.717, 1.165) is 27.8 Å². The minimum Gasteiger partial charge on any atom is -0.497 e. The Bertz CT molecular complexity index is 765. The van der Waals surface area contributed by atoms with Gasteiger partial charge in [0.15, 0.2) is 0 Å². The number of aliphatic hydroxyl groups is 1. The maximum atomic E-state index is 9.34. The van der Waals surface area contributed by atoms with Crippen molar-refractivity contribution in [2.24, 2.45) is 0 Å². The summed E-state index contributed by atoms with van der Waals surface area (Å²) in [4.78, 5) is 0. The van der Waals surface area contributed by atoms with E-state index in [-0.39, 0.29) is 6.61 Å². The first-order valence-corrected chi connectivity index (χ1v) is 6.74. The fraction of sp³-hybridized carbons (Fsp3) is 0.111. The summed E-state index contributed by atoms with van der Waals surface area (Å²) < 4.78 is 11.1. The normalized spacial score (nSPS) is 10.6.